The lowest BCUT2D eigenvalue weighted by Crippen LogP contribution is -2.44. The predicted octanol–water partition coefficient (Wildman–Crippen LogP) is 1.78. The third-order valence-corrected chi connectivity index (χ3v) is 5.37. The Morgan fingerprint density at radius 2 is 1.67 bits per heavy atom. The minimum absolute atomic E-state index is 0.0381. The van der Waals surface area contributed by atoms with E-state index < -0.39 is 34.4 Å². The van der Waals surface area contributed by atoms with E-state index in [1.165, 1.54) is 56.6 Å². The summed E-state index contributed by atoms with van der Waals surface area (Å²) in [6, 6.07) is 10.5. The molecule has 1 amide bonds. The van der Waals surface area contributed by atoms with Crippen molar-refractivity contribution in [3.63, 3.8) is 0 Å². The van der Waals surface area contributed by atoms with Crippen LogP contribution in [0.15, 0.2) is 48.5 Å². The van der Waals surface area contributed by atoms with E-state index in [4.69, 9.17) is 5.11 Å². The minimum atomic E-state index is -4.13. The largest absolute Gasteiger partial charge is 0.478 e. The van der Waals surface area contributed by atoms with Crippen LogP contribution in [0.1, 0.15) is 10.4 Å². The van der Waals surface area contributed by atoms with Crippen LogP contribution in [0.25, 0.3) is 0 Å². The number of para-hydroxylation sites is 1. The van der Waals surface area contributed by atoms with E-state index in [1.807, 2.05) is 0 Å². The van der Waals surface area contributed by atoms with Gasteiger partial charge in [-0.25, -0.2) is 13.5 Å². The second-order valence-corrected chi connectivity index (χ2v) is 7.75. The molecule has 0 aliphatic heterocycles. The Kier molecular flexibility index (Phi) is 6.13. The molecule has 2 rings (SSSR count). The molecular weight excluding hydrogens is 377 g/mol. The molecule has 2 aromatic rings. The quantitative estimate of drug-likeness (QED) is 0.743. The molecule has 0 unspecified atom stereocenters. The van der Waals surface area contributed by atoms with Gasteiger partial charge in [-0.2, -0.15) is 12.7 Å². The highest BCUT2D eigenvalue weighted by Crippen LogP contribution is 2.23. The molecule has 0 aliphatic rings. The maximum absolute atomic E-state index is 14.1. The maximum atomic E-state index is 14.1. The van der Waals surface area contributed by atoms with Crippen molar-refractivity contribution in [3.05, 3.63) is 59.9 Å². The third-order valence-electron chi connectivity index (χ3n) is 3.56. The van der Waals surface area contributed by atoms with Crippen LogP contribution in [-0.2, 0) is 15.0 Å². The molecule has 0 spiro atoms. The Labute approximate surface area is 156 Å². The number of nitrogens with zero attached hydrogens (tertiary/aromatic N) is 2. The van der Waals surface area contributed by atoms with Gasteiger partial charge in [-0.1, -0.05) is 12.1 Å². The fourth-order valence-electron chi connectivity index (χ4n) is 2.17. The molecule has 0 bridgehead atoms. The van der Waals surface area contributed by atoms with Gasteiger partial charge in [0.25, 0.3) is 0 Å². The number of hydrogen-bond donors (Lipinski definition) is 2. The van der Waals surface area contributed by atoms with Crippen LogP contribution in [0.2, 0.25) is 0 Å². The van der Waals surface area contributed by atoms with Crippen molar-refractivity contribution in [2.45, 2.75) is 0 Å². The first-order valence-electron chi connectivity index (χ1n) is 7.71. The number of rotatable bonds is 7. The summed E-state index contributed by atoms with van der Waals surface area (Å²) < 4.78 is 40.7. The van der Waals surface area contributed by atoms with Crippen LogP contribution in [0.5, 0.6) is 0 Å². The van der Waals surface area contributed by atoms with E-state index in [0.29, 0.717) is 4.31 Å². The van der Waals surface area contributed by atoms with Crippen molar-refractivity contribution in [2.24, 2.45) is 0 Å². The van der Waals surface area contributed by atoms with Gasteiger partial charge in [-0.3, -0.25) is 4.79 Å². The molecule has 0 atom stereocenters. The number of carboxylic acids is 1. The van der Waals surface area contributed by atoms with Gasteiger partial charge in [0.1, 0.15) is 12.4 Å². The lowest BCUT2D eigenvalue weighted by molar-refractivity contribution is -0.114. The Morgan fingerprint density at radius 1 is 1.07 bits per heavy atom. The summed E-state index contributed by atoms with van der Waals surface area (Å²) in [7, 11) is -1.59. The van der Waals surface area contributed by atoms with Gasteiger partial charge in [-0.05, 0) is 36.4 Å². The van der Waals surface area contributed by atoms with Gasteiger partial charge in [0.15, 0.2) is 0 Å². The molecule has 2 N–H and O–H groups in total. The number of anilines is 2. The molecule has 144 valence electrons. The van der Waals surface area contributed by atoms with E-state index in [9.17, 15) is 22.4 Å². The second-order valence-electron chi connectivity index (χ2n) is 5.68. The lowest BCUT2D eigenvalue weighted by Gasteiger charge is -2.27. The number of carbonyl (C=O) groups excluding carboxylic acids is 1. The number of carbonyl (C=O) groups is 2. The second kappa shape index (κ2) is 8.14. The summed E-state index contributed by atoms with van der Waals surface area (Å²) in [6.07, 6.45) is 0. The van der Waals surface area contributed by atoms with E-state index in [-0.39, 0.29) is 16.9 Å². The summed E-state index contributed by atoms with van der Waals surface area (Å²) in [5, 5.41) is 11.3. The van der Waals surface area contributed by atoms with Crippen molar-refractivity contribution in [1.29, 1.82) is 0 Å². The van der Waals surface area contributed by atoms with Gasteiger partial charge in [-0.15, -0.1) is 0 Å². The monoisotopic (exact) mass is 395 g/mol. The highest BCUT2D eigenvalue weighted by atomic mass is 32.2. The maximum Gasteiger partial charge on any atom is 0.335 e. The number of nitrogens with one attached hydrogen (secondary N) is 1. The average Bonchev–Trinajstić information content (AvgIpc) is 2.60. The smallest absolute Gasteiger partial charge is 0.335 e. The summed E-state index contributed by atoms with van der Waals surface area (Å²) >= 11 is 0. The fraction of sp³-hybridized carbons (Fsp3) is 0.176. The predicted molar refractivity (Wildman–Crippen MR) is 98.4 cm³/mol. The SMILES string of the molecule is CN(C)S(=O)(=O)N(CC(=O)Nc1ccc(C(=O)O)cc1)c1ccccc1F. The van der Waals surface area contributed by atoms with Gasteiger partial charge >= 0.3 is 16.2 Å². The number of amides is 1. The molecule has 0 aromatic heterocycles. The lowest BCUT2D eigenvalue weighted by atomic mass is 10.2. The Bertz CT molecular complexity index is 945. The third kappa shape index (κ3) is 4.80. The van der Waals surface area contributed by atoms with Crippen LogP contribution >= 0.6 is 0 Å². The van der Waals surface area contributed by atoms with Crippen LogP contribution in [0.3, 0.4) is 0 Å². The van der Waals surface area contributed by atoms with Crippen LogP contribution in [-0.4, -0.2) is 50.3 Å². The topological polar surface area (TPSA) is 107 Å². The van der Waals surface area contributed by atoms with E-state index >= 15 is 0 Å². The van der Waals surface area contributed by atoms with Crippen molar-refractivity contribution >= 4 is 33.5 Å². The molecule has 0 fully saturated rings. The number of benzene rings is 2. The molecule has 0 saturated heterocycles. The molecule has 0 aliphatic carbocycles. The van der Waals surface area contributed by atoms with Gasteiger partial charge in [0.05, 0.1) is 11.3 Å². The molecule has 0 heterocycles. The van der Waals surface area contributed by atoms with Crippen molar-refractivity contribution in [3.8, 4) is 0 Å². The molecule has 0 saturated carbocycles. The number of aromatic carboxylic acids is 1. The molecule has 10 heteroatoms. The summed E-state index contributed by atoms with van der Waals surface area (Å²) in [4.78, 5) is 23.2. The van der Waals surface area contributed by atoms with Gasteiger partial charge in [0.2, 0.25) is 5.91 Å². The summed E-state index contributed by atoms with van der Waals surface area (Å²) in [5.74, 6) is -2.62. The average molecular weight is 395 g/mol. The Hall–Kier alpha value is -2.98. The van der Waals surface area contributed by atoms with Crippen molar-refractivity contribution in [1.82, 2.24) is 4.31 Å². The zero-order valence-corrected chi connectivity index (χ0v) is 15.4. The Balaban J connectivity index is 2.26. The van der Waals surface area contributed by atoms with Crippen molar-refractivity contribution in [2.75, 3.05) is 30.3 Å². The van der Waals surface area contributed by atoms with E-state index in [1.54, 1.807) is 0 Å². The fourth-order valence-corrected chi connectivity index (χ4v) is 3.24. The normalized spacial score (nSPS) is 11.3. The van der Waals surface area contributed by atoms with Crippen molar-refractivity contribution < 1.29 is 27.5 Å². The minimum Gasteiger partial charge on any atom is -0.478 e. The van der Waals surface area contributed by atoms with Gasteiger partial charge < -0.3 is 10.4 Å². The van der Waals surface area contributed by atoms with Crippen LogP contribution in [0.4, 0.5) is 15.8 Å². The number of carboxylic acid groups (broad SMARTS) is 1. The van der Waals surface area contributed by atoms with E-state index in [2.05, 4.69) is 5.32 Å². The highest BCUT2D eigenvalue weighted by Gasteiger charge is 2.29. The first-order valence-corrected chi connectivity index (χ1v) is 9.10. The molecule has 2 aromatic carbocycles. The first-order chi connectivity index (χ1) is 12.6. The van der Waals surface area contributed by atoms with Crippen LogP contribution in [0, 0.1) is 5.82 Å². The molecule has 27 heavy (non-hydrogen) atoms. The molecule has 8 nitrogen and oxygen atoms in total. The zero-order valence-electron chi connectivity index (χ0n) is 14.6. The first kappa shape index (κ1) is 20.3. The Morgan fingerprint density at radius 3 is 2.19 bits per heavy atom. The number of hydrogen-bond acceptors (Lipinski definition) is 4. The molecule has 0 radical (unpaired) electrons. The summed E-state index contributed by atoms with van der Waals surface area (Å²) in [5.41, 5.74) is 0.0551. The standard InChI is InChI=1S/C17H18FN3O5S/c1-20(2)27(25,26)21(15-6-4-3-5-14(15)18)11-16(22)19-13-9-7-12(8-10-13)17(23)24/h3-10H,11H2,1-2H3,(H,19,22)(H,23,24). The van der Waals surface area contributed by atoms with Crippen LogP contribution < -0.4 is 9.62 Å². The van der Waals surface area contributed by atoms with Gasteiger partial charge in [0, 0.05) is 19.8 Å². The highest BCUT2D eigenvalue weighted by molar-refractivity contribution is 7.90. The zero-order chi connectivity index (χ0) is 20.2. The van der Waals surface area contributed by atoms with E-state index in [0.717, 1.165) is 10.4 Å². The number of halogens is 1. The summed E-state index contributed by atoms with van der Waals surface area (Å²) in [6.45, 7) is -0.665. The molecular formula is C17H18FN3O5S.